The van der Waals surface area contributed by atoms with E-state index >= 15 is 0 Å². The second-order valence-electron chi connectivity index (χ2n) is 7.89. The third kappa shape index (κ3) is 3.60. The van der Waals surface area contributed by atoms with Gasteiger partial charge in [-0.25, -0.2) is 0 Å². The lowest BCUT2D eigenvalue weighted by atomic mass is 9.73. The van der Waals surface area contributed by atoms with Crippen molar-refractivity contribution in [2.45, 2.75) is 37.1 Å². The average molecular weight is 411 g/mol. The van der Waals surface area contributed by atoms with E-state index in [1.165, 1.54) is 5.56 Å². The fraction of sp³-hybridized carbons (Fsp3) is 0.458. The van der Waals surface area contributed by atoms with Crippen LogP contribution >= 0.6 is 0 Å². The van der Waals surface area contributed by atoms with Crippen molar-refractivity contribution >= 4 is 5.91 Å². The summed E-state index contributed by atoms with van der Waals surface area (Å²) in [5.41, 5.74) is 2.72. The first kappa shape index (κ1) is 20.5. The summed E-state index contributed by atoms with van der Waals surface area (Å²) in [6.45, 7) is 1.15. The van der Waals surface area contributed by atoms with E-state index < -0.39 is 5.41 Å². The predicted molar refractivity (Wildman–Crippen MR) is 113 cm³/mol. The molecule has 1 heterocycles. The van der Waals surface area contributed by atoms with Gasteiger partial charge in [0.1, 0.15) is 5.75 Å². The summed E-state index contributed by atoms with van der Waals surface area (Å²) in [7, 11) is 4.92. The van der Waals surface area contributed by atoms with Crippen molar-refractivity contribution in [3.8, 4) is 17.2 Å². The number of hydrogen-bond donors (Lipinski definition) is 1. The molecule has 0 aromatic heterocycles. The zero-order valence-corrected chi connectivity index (χ0v) is 17.8. The summed E-state index contributed by atoms with van der Waals surface area (Å²) in [5, 5.41) is 3.34. The van der Waals surface area contributed by atoms with E-state index in [0.29, 0.717) is 31.8 Å². The van der Waals surface area contributed by atoms with Crippen LogP contribution in [0.5, 0.6) is 17.2 Å². The van der Waals surface area contributed by atoms with Gasteiger partial charge >= 0.3 is 0 Å². The Hall–Kier alpha value is -2.73. The summed E-state index contributed by atoms with van der Waals surface area (Å²) in [6.07, 6.45) is 3.10. The van der Waals surface area contributed by atoms with Gasteiger partial charge in [0.25, 0.3) is 0 Å². The summed E-state index contributed by atoms with van der Waals surface area (Å²) < 4.78 is 21.8. The molecule has 30 heavy (non-hydrogen) atoms. The number of aryl methyl sites for hydroxylation is 1. The van der Waals surface area contributed by atoms with Crippen LogP contribution in [0.15, 0.2) is 36.4 Å². The Morgan fingerprint density at radius 3 is 2.30 bits per heavy atom. The third-order valence-corrected chi connectivity index (χ3v) is 6.45. The standard InChI is InChI=1S/C24H29NO5/c1-27-18-7-5-17(6-8-18)24(10-12-30-13-11-24)23(26)25-20-9-4-16-14-21(28-2)22(29-3)15-19(16)20/h5-8,14-15,20H,4,9-13H2,1-3H3,(H,25,26)/t20-/m1/s1. The van der Waals surface area contributed by atoms with Crippen LogP contribution in [0.25, 0.3) is 0 Å². The maximum atomic E-state index is 13.7. The second kappa shape index (κ2) is 8.56. The first-order valence-corrected chi connectivity index (χ1v) is 10.4. The zero-order valence-electron chi connectivity index (χ0n) is 17.8. The van der Waals surface area contributed by atoms with E-state index in [2.05, 4.69) is 5.32 Å². The van der Waals surface area contributed by atoms with Gasteiger partial charge < -0.3 is 24.3 Å². The lowest BCUT2D eigenvalue weighted by Crippen LogP contribution is -2.48. The van der Waals surface area contributed by atoms with Crippen LogP contribution in [0.1, 0.15) is 42.0 Å². The number of carbonyl (C=O) groups excluding carboxylic acids is 1. The molecule has 1 amide bonds. The molecule has 1 saturated heterocycles. The summed E-state index contributed by atoms with van der Waals surface area (Å²) in [5.74, 6) is 2.26. The Balaban J connectivity index is 1.62. The third-order valence-electron chi connectivity index (χ3n) is 6.45. The van der Waals surface area contributed by atoms with Gasteiger partial charge in [-0.2, -0.15) is 0 Å². The van der Waals surface area contributed by atoms with Gasteiger partial charge in [0.2, 0.25) is 5.91 Å². The van der Waals surface area contributed by atoms with Crippen LogP contribution in [-0.2, 0) is 21.4 Å². The van der Waals surface area contributed by atoms with E-state index in [4.69, 9.17) is 18.9 Å². The molecule has 1 aliphatic heterocycles. The minimum absolute atomic E-state index is 0.0368. The minimum Gasteiger partial charge on any atom is -0.497 e. The van der Waals surface area contributed by atoms with Crippen molar-refractivity contribution in [1.82, 2.24) is 5.32 Å². The van der Waals surface area contributed by atoms with Crippen LogP contribution in [0.4, 0.5) is 0 Å². The molecule has 6 nitrogen and oxygen atoms in total. The SMILES string of the molecule is COc1ccc(C2(C(=O)N[C@@H]3CCc4cc(OC)c(OC)cc43)CCOCC2)cc1. The smallest absolute Gasteiger partial charge is 0.231 e. The Morgan fingerprint density at radius 1 is 1.00 bits per heavy atom. The first-order chi connectivity index (χ1) is 14.6. The molecular weight excluding hydrogens is 382 g/mol. The Morgan fingerprint density at radius 2 is 1.67 bits per heavy atom. The highest BCUT2D eigenvalue weighted by molar-refractivity contribution is 5.89. The van der Waals surface area contributed by atoms with Crippen molar-refractivity contribution in [3.05, 3.63) is 53.1 Å². The van der Waals surface area contributed by atoms with Gasteiger partial charge in [0.05, 0.1) is 32.8 Å². The number of rotatable bonds is 6. The zero-order chi connectivity index (χ0) is 21.1. The molecule has 0 bridgehead atoms. The molecule has 0 radical (unpaired) electrons. The highest BCUT2D eigenvalue weighted by Gasteiger charge is 2.43. The molecular formula is C24H29NO5. The van der Waals surface area contributed by atoms with Crippen molar-refractivity contribution in [2.75, 3.05) is 34.5 Å². The van der Waals surface area contributed by atoms with Crippen molar-refractivity contribution < 1.29 is 23.7 Å². The van der Waals surface area contributed by atoms with E-state index in [-0.39, 0.29) is 11.9 Å². The van der Waals surface area contributed by atoms with Gasteiger partial charge in [0.15, 0.2) is 11.5 Å². The quantitative estimate of drug-likeness (QED) is 0.787. The molecule has 2 aromatic rings. The van der Waals surface area contributed by atoms with Crippen LogP contribution in [0.3, 0.4) is 0 Å². The molecule has 0 spiro atoms. The summed E-state index contributed by atoms with van der Waals surface area (Å²) in [4.78, 5) is 13.7. The molecule has 1 N–H and O–H groups in total. The van der Waals surface area contributed by atoms with Gasteiger partial charge in [-0.3, -0.25) is 4.79 Å². The van der Waals surface area contributed by atoms with E-state index in [1.54, 1.807) is 21.3 Å². The van der Waals surface area contributed by atoms with Crippen molar-refractivity contribution in [1.29, 1.82) is 0 Å². The molecule has 1 atom stereocenters. The normalized spacial score (nSPS) is 19.6. The number of benzene rings is 2. The van der Waals surface area contributed by atoms with Gasteiger partial charge in [0, 0.05) is 13.2 Å². The minimum atomic E-state index is -0.593. The largest absolute Gasteiger partial charge is 0.497 e. The van der Waals surface area contributed by atoms with Gasteiger partial charge in [-0.05, 0) is 66.6 Å². The van der Waals surface area contributed by atoms with Crippen molar-refractivity contribution in [2.24, 2.45) is 0 Å². The number of amides is 1. The summed E-state index contributed by atoms with van der Waals surface area (Å²) in [6, 6.07) is 11.8. The lowest BCUT2D eigenvalue weighted by molar-refractivity contribution is -0.131. The number of hydrogen-bond acceptors (Lipinski definition) is 5. The van der Waals surface area contributed by atoms with Crippen molar-refractivity contribution in [3.63, 3.8) is 0 Å². The monoisotopic (exact) mass is 411 g/mol. The molecule has 0 unspecified atom stereocenters. The van der Waals surface area contributed by atoms with Crippen LogP contribution in [0, 0.1) is 0 Å². The molecule has 1 aliphatic carbocycles. The molecule has 2 aliphatic rings. The number of fused-ring (bicyclic) bond motifs is 1. The maximum absolute atomic E-state index is 13.7. The van der Waals surface area contributed by atoms with Crippen LogP contribution in [-0.4, -0.2) is 40.5 Å². The highest BCUT2D eigenvalue weighted by Crippen LogP contribution is 2.41. The number of carbonyl (C=O) groups is 1. The summed E-state index contributed by atoms with van der Waals surface area (Å²) >= 11 is 0. The van der Waals surface area contributed by atoms with Crippen LogP contribution in [0.2, 0.25) is 0 Å². The number of nitrogens with one attached hydrogen (secondary N) is 1. The topological polar surface area (TPSA) is 66.0 Å². The Kier molecular flexibility index (Phi) is 5.86. The van der Waals surface area contributed by atoms with Gasteiger partial charge in [-0.1, -0.05) is 12.1 Å². The average Bonchev–Trinajstić information content (AvgIpc) is 3.19. The molecule has 2 aromatic carbocycles. The highest BCUT2D eigenvalue weighted by atomic mass is 16.5. The predicted octanol–water partition coefficient (Wildman–Crippen LogP) is 3.56. The second-order valence-corrected chi connectivity index (χ2v) is 7.89. The lowest BCUT2D eigenvalue weighted by Gasteiger charge is -2.37. The van der Waals surface area contributed by atoms with E-state index in [0.717, 1.165) is 35.5 Å². The number of methoxy groups -OCH3 is 3. The first-order valence-electron chi connectivity index (χ1n) is 10.4. The van der Waals surface area contributed by atoms with E-state index in [9.17, 15) is 4.79 Å². The Bertz CT molecular complexity index is 903. The fourth-order valence-electron chi connectivity index (χ4n) is 4.66. The Labute approximate surface area is 177 Å². The molecule has 1 fully saturated rings. The van der Waals surface area contributed by atoms with E-state index in [1.807, 2.05) is 36.4 Å². The van der Waals surface area contributed by atoms with Crippen LogP contribution < -0.4 is 19.5 Å². The molecule has 4 rings (SSSR count). The number of ether oxygens (including phenoxy) is 4. The maximum Gasteiger partial charge on any atom is 0.231 e. The molecule has 160 valence electrons. The van der Waals surface area contributed by atoms with Gasteiger partial charge in [-0.15, -0.1) is 0 Å². The molecule has 6 heteroatoms. The molecule has 0 saturated carbocycles. The fourth-order valence-corrected chi connectivity index (χ4v) is 4.66.